The molecule has 0 saturated carbocycles. The summed E-state index contributed by atoms with van der Waals surface area (Å²) in [5, 5.41) is 2.98. The third-order valence-electron chi connectivity index (χ3n) is 5.63. The quantitative estimate of drug-likeness (QED) is 0.871. The molecular formula is C19H26N2O4. The van der Waals surface area contributed by atoms with Crippen molar-refractivity contribution >= 4 is 11.8 Å². The Balaban J connectivity index is 1.58. The van der Waals surface area contributed by atoms with E-state index in [2.05, 4.69) is 5.32 Å². The summed E-state index contributed by atoms with van der Waals surface area (Å²) >= 11 is 0. The number of piperidine rings is 1. The second-order valence-corrected chi connectivity index (χ2v) is 6.99. The number of methoxy groups -OCH3 is 2. The van der Waals surface area contributed by atoms with E-state index < -0.39 is 0 Å². The van der Waals surface area contributed by atoms with Gasteiger partial charge in [-0.25, -0.2) is 0 Å². The van der Waals surface area contributed by atoms with Gasteiger partial charge < -0.3 is 19.7 Å². The van der Waals surface area contributed by atoms with Crippen molar-refractivity contribution < 1.29 is 19.1 Å². The Morgan fingerprint density at radius 2 is 1.92 bits per heavy atom. The molecule has 0 unspecified atom stereocenters. The molecule has 25 heavy (non-hydrogen) atoms. The standard InChI is InChI=1S/C19H26N2O4/c1-24-12-16-18(23)20-13-19(16)7-9-21(10-8-19)17(22)11-14-3-5-15(25-2)6-4-14/h3-6,16H,7-13H2,1-2H3,(H,20,23)/t16-/m0/s1. The van der Waals surface area contributed by atoms with Crippen molar-refractivity contribution in [3.05, 3.63) is 29.8 Å². The number of likely N-dealkylation sites (tertiary alicyclic amines) is 1. The van der Waals surface area contributed by atoms with Gasteiger partial charge in [0.05, 0.1) is 26.1 Å². The van der Waals surface area contributed by atoms with Crippen LogP contribution < -0.4 is 10.1 Å². The predicted octanol–water partition coefficient (Wildman–Crippen LogP) is 1.24. The number of ether oxygens (including phenoxy) is 2. The van der Waals surface area contributed by atoms with E-state index in [1.165, 1.54) is 0 Å². The van der Waals surface area contributed by atoms with Crippen molar-refractivity contribution in [2.24, 2.45) is 11.3 Å². The van der Waals surface area contributed by atoms with Crippen LogP contribution in [0.25, 0.3) is 0 Å². The monoisotopic (exact) mass is 346 g/mol. The van der Waals surface area contributed by atoms with Crippen LogP contribution in [0, 0.1) is 11.3 Å². The van der Waals surface area contributed by atoms with Gasteiger partial charge in [-0.3, -0.25) is 9.59 Å². The lowest BCUT2D eigenvalue weighted by Crippen LogP contribution is -2.47. The SMILES string of the molecule is COC[C@H]1C(=O)NCC12CCN(C(=O)Cc1ccc(OC)cc1)CC2. The van der Waals surface area contributed by atoms with Gasteiger partial charge in [-0.2, -0.15) is 0 Å². The van der Waals surface area contributed by atoms with E-state index in [0.29, 0.717) is 32.7 Å². The number of hydrogen-bond acceptors (Lipinski definition) is 4. The van der Waals surface area contributed by atoms with Crippen LogP contribution >= 0.6 is 0 Å². The Hall–Kier alpha value is -2.08. The summed E-state index contributed by atoms with van der Waals surface area (Å²) in [4.78, 5) is 26.6. The van der Waals surface area contributed by atoms with Crippen LogP contribution in [-0.4, -0.2) is 57.2 Å². The van der Waals surface area contributed by atoms with Crippen LogP contribution in [0.3, 0.4) is 0 Å². The van der Waals surface area contributed by atoms with Crippen molar-refractivity contribution in [2.45, 2.75) is 19.3 Å². The molecule has 1 N–H and O–H groups in total. The van der Waals surface area contributed by atoms with Gasteiger partial charge in [0.15, 0.2) is 0 Å². The first-order chi connectivity index (χ1) is 12.1. The number of nitrogens with zero attached hydrogens (tertiary/aromatic N) is 1. The highest BCUT2D eigenvalue weighted by atomic mass is 16.5. The number of benzene rings is 1. The van der Waals surface area contributed by atoms with Gasteiger partial charge in [0.1, 0.15) is 5.75 Å². The van der Waals surface area contributed by atoms with E-state index >= 15 is 0 Å². The summed E-state index contributed by atoms with van der Waals surface area (Å²) in [6.45, 7) is 2.54. The van der Waals surface area contributed by atoms with Crippen molar-refractivity contribution in [3.63, 3.8) is 0 Å². The zero-order valence-electron chi connectivity index (χ0n) is 14.9. The van der Waals surface area contributed by atoms with Gasteiger partial charge in [0.2, 0.25) is 11.8 Å². The molecule has 1 spiro atoms. The first kappa shape index (κ1) is 17.7. The van der Waals surface area contributed by atoms with Crippen LogP contribution in [0.15, 0.2) is 24.3 Å². The fourth-order valence-electron chi connectivity index (χ4n) is 3.96. The summed E-state index contributed by atoms with van der Waals surface area (Å²) in [6.07, 6.45) is 2.08. The van der Waals surface area contributed by atoms with E-state index in [1.54, 1.807) is 14.2 Å². The molecule has 2 amide bonds. The molecule has 2 aliphatic rings. The third kappa shape index (κ3) is 3.63. The van der Waals surface area contributed by atoms with Gasteiger partial charge in [0, 0.05) is 32.2 Å². The Morgan fingerprint density at radius 3 is 2.52 bits per heavy atom. The van der Waals surface area contributed by atoms with E-state index in [-0.39, 0.29) is 23.1 Å². The topological polar surface area (TPSA) is 67.9 Å². The molecular weight excluding hydrogens is 320 g/mol. The van der Waals surface area contributed by atoms with Gasteiger partial charge in [0.25, 0.3) is 0 Å². The molecule has 2 heterocycles. The highest BCUT2D eigenvalue weighted by Gasteiger charge is 2.49. The first-order valence-corrected chi connectivity index (χ1v) is 8.75. The van der Waals surface area contributed by atoms with E-state index in [0.717, 1.165) is 24.2 Å². The maximum absolute atomic E-state index is 12.6. The summed E-state index contributed by atoms with van der Waals surface area (Å²) < 4.78 is 10.4. The van der Waals surface area contributed by atoms with Gasteiger partial charge in [-0.05, 0) is 30.5 Å². The Bertz CT molecular complexity index is 621. The van der Waals surface area contributed by atoms with Crippen LogP contribution in [0.4, 0.5) is 0 Å². The Kier molecular flexibility index (Phi) is 5.27. The maximum atomic E-state index is 12.6. The number of rotatable bonds is 5. The first-order valence-electron chi connectivity index (χ1n) is 8.75. The number of hydrogen-bond donors (Lipinski definition) is 1. The minimum Gasteiger partial charge on any atom is -0.497 e. The molecule has 0 aliphatic carbocycles. The zero-order chi connectivity index (χ0) is 17.9. The fraction of sp³-hybridized carbons (Fsp3) is 0.579. The molecule has 6 heteroatoms. The van der Waals surface area contributed by atoms with Crippen LogP contribution in [0.2, 0.25) is 0 Å². The van der Waals surface area contributed by atoms with Crippen LogP contribution in [0.1, 0.15) is 18.4 Å². The fourth-order valence-corrected chi connectivity index (χ4v) is 3.96. The van der Waals surface area contributed by atoms with Gasteiger partial charge in [-0.1, -0.05) is 12.1 Å². The van der Waals surface area contributed by atoms with E-state index in [9.17, 15) is 9.59 Å². The summed E-state index contributed by atoms with van der Waals surface area (Å²) in [6, 6.07) is 7.60. The number of carbonyl (C=O) groups excluding carboxylic acids is 2. The number of carbonyl (C=O) groups is 2. The molecule has 1 aromatic carbocycles. The molecule has 136 valence electrons. The van der Waals surface area contributed by atoms with Crippen molar-refractivity contribution in [3.8, 4) is 5.75 Å². The lowest BCUT2D eigenvalue weighted by molar-refractivity contribution is -0.134. The lowest BCUT2D eigenvalue weighted by atomic mass is 9.71. The second kappa shape index (κ2) is 7.44. The van der Waals surface area contributed by atoms with E-state index in [4.69, 9.17) is 9.47 Å². The molecule has 6 nitrogen and oxygen atoms in total. The maximum Gasteiger partial charge on any atom is 0.226 e. The van der Waals surface area contributed by atoms with Crippen molar-refractivity contribution in [1.29, 1.82) is 0 Å². The molecule has 2 fully saturated rings. The second-order valence-electron chi connectivity index (χ2n) is 6.99. The minimum absolute atomic E-state index is 0.0655. The number of nitrogens with one attached hydrogen (secondary N) is 1. The molecule has 2 saturated heterocycles. The molecule has 3 rings (SSSR count). The highest BCUT2D eigenvalue weighted by molar-refractivity contribution is 5.82. The zero-order valence-corrected chi connectivity index (χ0v) is 14.9. The normalized spacial score (nSPS) is 22.1. The average Bonchev–Trinajstić information content (AvgIpc) is 2.93. The van der Waals surface area contributed by atoms with E-state index in [1.807, 2.05) is 29.2 Å². The highest BCUT2D eigenvalue weighted by Crippen LogP contribution is 2.42. The molecule has 1 atom stereocenters. The molecule has 0 bridgehead atoms. The molecule has 1 aromatic rings. The smallest absolute Gasteiger partial charge is 0.226 e. The average molecular weight is 346 g/mol. The Labute approximate surface area is 148 Å². The third-order valence-corrected chi connectivity index (χ3v) is 5.63. The minimum atomic E-state index is -0.101. The van der Waals surface area contributed by atoms with Crippen molar-refractivity contribution in [2.75, 3.05) is 40.5 Å². The molecule has 0 radical (unpaired) electrons. The molecule has 2 aliphatic heterocycles. The summed E-state index contributed by atoms with van der Waals surface area (Å²) in [5.41, 5.74) is 0.922. The summed E-state index contributed by atoms with van der Waals surface area (Å²) in [7, 11) is 3.26. The van der Waals surface area contributed by atoms with Crippen molar-refractivity contribution in [1.82, 2.24) is 10.2 Å². The van der Waals surface area contributed by atoms with Crippen LogP contribution in [-0.2, 0) is 20.7 Å². The molecule has 0 aromatic heterocycles. The number of amides is 2. The summed E-state index contributed by atoms with van der Waals surface area (Å²) in [5.74, 6) is 0.912. The van der Waals surface area contributed by atoms with Gasteiger partial charge >= 0.3 is 0 Å². The van der Waals surface area contributed by atoms with Crippen LogP contribution in [0.5, 0.6) is 5.75 Å². The lowest BCUT2D eigenvalue weighted by Gasteiger charge is -2.41. The Morgan fingerprint density at radius 1 is 1.24 bits per heavy atom. The van der Waals surface area contributed by atoms with Gasteiger partial charge in [-0.15, -0.1) is 0 Å². The predicted molar refractivity (Wildman–Crippen MR) is 93.3 cm³/mol. The largest absolute Gasteiger partial charge is 0.497 e.